The Morgan fingerprint density at radius 2 is 1.81 bits per heavy atom. The summed E-state index contributed by atoms with van der Waals surface area (Å²) in [6.07, 6.45) is 0. The minimum atomic E-state index is -0.316. The number of aryl methyl sites for hydroxylation is 1. The maximum atomic E-state index is 13.8. The molecule has 0 bridgehead atoms. The molecular formula is C20H19ClFN3O. The first-order chi connectivity index (χ1) is 12.4. The minimum Gasteiger partial charge on any atom is -0.337 e. The number of benzene rings is 2. The molecule has 4 nitrogen and oxygen atoms in total. The van der Waals surface area contributed by atoms with E-state index in [1.165, 1.54) is 11.0 Å². The normalized spacial score (nSPS) is 10.8. The molecule has 0 aliphatic carbocycles. The lowest BCUT2D eigenvalue weighted by Crippen LogP contribution is -2.26. The lowest BCUT2D eigenvalue weighted by Gasteiger charge is -2.18. The van der Waals surface area contributed by atoms with Crippen LogP contribution in [0.15, 0.2) is 48.5 Å². The van der Waals surface area contributed by atoms with Gasteiger partial charge in [0.2, 0.25) is 0 Å². The molecule has 3 aromatic rings. The molecule has 26 heavy (non-hydrogen) atoms. The Morgan fingerprint density at radius 3 is 2.38 bits per heavy atom. The molecule has 1 aromatic heterocycles. The summed E-state index contributed by atoms with van der Waals surface area (Å²) in [5.41, 5.74) is 3.44. The fourth-order valence-corrected chi connectivity index (χ4v) is 2.91. The van der Waals surface area contributed by atoms with Gasteiger partial charge in [-0.3, -0.25) is 4.79 Å². The Morgan fingerprint density at radius 1 is 1.15 bits per heavy atom. The van der Waals surface area contributed by atoms with Crippen LogP contribution in [0.4, 0.5) is 4.39 Å². The summed E-state index contributed by atoms with van der Waals surface area (Å²) in [6, 6.07) is 13.6. The van der Waals surface area contributed by atoms with Crippen molar-refractivity contribution in [2.75, 3.05) is 7.05 Å². The second-order valence-corrected chi connectivity index (χ2v) is 6.57. The van der Waals surface area contributed by atoms with Gasteiger partial charge in [0.25, 0.3) is 5.91 Å². The van der Waals surface area contributed by atoms with E-state index < -0.39 is 0 Å². The second kappa shape index (κ2) is 7.30. The summed E-state index contributed by atoms with van der Waals surface area (Å²) in [5, 5.41) is 5.04. The highest BCUT2D eigenvalue weighted by Crippen LogP contribution is 2.22. The smallest absolute Gasteiger partial charge is 0.253 e. The van der Waals surface area contributed by atoms with E-state index in [9.17, 15) is 9.18 Å². The summed E-state index contributed by atoms with van der Waals surface area (Å²) in [5.74, 6) is -0.491. The van der Waals surface area contributed by atoms with Crippen molar-refractivity contribution in [1.82, 2.24) is 14.7 Å². The van der Waals surface area contributed by atoms with Crippen molar-refractivity contribution >= 4 is 17.5 Å². The number of amides is 1. The molecule has 0 atom stereocenters. The Kier molecular flexibility index (Phi) is 5.09. The van der Waals surface area contributed by atoms with Crippen molar-refractivity contribution in [3.05, 3.63) is 81.9 Å². The van der Waals surface area contributed by atoms with Crippen LogP contribution >= 0.6 is 11.6 Å². The van der Waals surface area contributed by atoms with Crippen LogP contribution in [0.1, 0.15) is 27.3 Å². The number of rotatable bonds is 4. The number of hydrogen-bond donors (Lipinski definition) is 0. The van der Waals surface area contributed by atoms with E-state index in [1.54, 1.807) is 42.1 Å². The highest BCUT2D eigenvalue weighted by Gasteiger charge is 2.15. The summed E-state index contributed by atoms with van der Waals surface area (Å²) in [7, 11) is 1.66. The summed E-state index contributed by atoms with van der Waals surface area (Å²) >= 11 is 6.19. The van der Waals surface area contributed by atoms with E-state index in [1.807, 2.05) is 26.0 Å². The number of hydrogen-bond acceptors (Lipinski definition) is 2. The molecule has 0 fully saturated rings. The van der Waals surface area contributed by atoms with Gasteiger partial charge >= 0.3 is 0 Å². The van der Waals surface area contributed by atoms with E-state index in [2.05, 4.69) is 5.10 Å². The molecule has 0 saturated heterocycles. The fourth-order valence-electron chi connectivity index (χ4n) is 2.79. The zero-order chi connectivity index (χ0) is 18.8. The third-order valence-corrected chi connectivity index (χ3v) is 4.82. The third-order valence-electron chi connectivity index (χ3n) is 4.27. The van der Waals surface area contributed by atoms with Crippen molar-refractivity contribution in [1.29, 1.82) is 0 Å². The van der Waals surface area contributed by atoms with Crippen LogP contribution in [-0.2, 0) is 6.54 Å². The molecule has 0 radical (unpaired) electrons. The van der Waals surface area contributed by atoms with Crippen molar-refractivity contribution in [3.63, 3.8) is 0 Å². The van der Waals surface area contributed by atoms with Gasteiger partial charge in [-0.2, -0.15) is 5.10 Å². The van der Waals surface area contributed by atoms with E-state index >= 15 is 0 Å². The van der Waals surface area contributed by atoms with Gasteiger partial charge < -0.3 is 4.90 Å². The van der Waals surface area contributed by atoms with Gasteiger partial charge in [-0.1, -0.05) is 29.8 Å². The van der Waals surface area contributed by atoms with Crippen LogP contribution < -0.4 is 0 Å². The SMILES string of the molecule is Cc1nn(-c2ccc(C(=O)N(C)Cc3ccccc3F)cc2)c(C)c1Cl. The second-order valence-electron chi connectivity index (χ2n) is 6.20. The van der Waals surface area contributed by atoms with Crippen LogP contribution in [0, 0.1) is 19.7 Å². The molecule has 0 saturated carbocycles. The molecule has 0 aliphatic rings. The van der Waals surface area contributed by atoms with Gasteiger partial charge in [-0.25, -0.2) is 9.07 Å². The standard InChI is InChI=1S/C20H19ClFN3O/c1-13-19(21)14(2)25(23-13)17-10-8-15(9-11-17)20(26)24(3)12-16-6-4-5-7-18(16)22/h4-11H,12H2,1-3H3. The Bertz CT molecular complexity index is 950. The lowest BCUT2D eigenvalue weighted by molar-refractivity contribution is 0.0784. The third kappa shape index (κ3) is 3.48. The molecular weight excluding hydrogens is 353 g/mol. The van der Waals surface area contributed by atoms with E-state index in [0.29, 0.717) is 16.1 Å². The largest absolute Gasteiger partial charge is 0.337 e. The summed E-state index contributed by atoms with van der Waals surface area (Å²) < 4.78 is 15.5. The van der Waals surface area contributed by atoms with Gasteiger partial charge in [0.15, 0.2) is 0 Å². The van der Waals surface area contributed by atoms with Gasteiger partial charge in [0.1, 0.15) is 5.82 Å². The molecule has 3 rings (SSSR count). The summed E-state index contributed by atoms with van der Waals surface area (Å²) in [4.78, 5) is 14.1. The molecule has 2 aromatic carbocycles. The van der Waals surface area contributed by atoms with Crippen LogP contribution in [0.2, 0.25) is 5.02 Å². The van der Waals surface area contributed by atoms with E-state index in [-0.39, 0.29) is 18.3 Å². The highest BCUT2D eigenvalue weighted by atomic mass is 35.5. The maximum absolute atomic E-state index is 13.8. The highest BCUT2D eigenvalue weighted by molar-refractivity contribution is 6.31. The average Bonchev–Trinajstić information content (AvgIpc) is 2.90. The van der Waals surface area contributed by atoms with Gasteiger partial charge in [0, 0.05) is 24.7 Å². The molecule has 134 valence electrons. The monoisotopic (exact) mass is 371 g/mol. The number of carbonyl (C=O) groups excluding carboxylic acids is 1. The van der Waals surface area contributed by atoms with Gasteiger partial charge in [-0.05, 0) is 44.2 Å². The lowest BCUT2D eigenvalue weighted by atomic mass is 10.1. The Hall–Kier alpha value is -2.66. The predicted octanol–water partition coefficient (Wildman–Crippen LogP) is 4.55. The van der Waals surface area contributed by atoms with Crippen molar-refractivity contribution < 1.29 is 9.18 Å². The topological polar surface area (TPSA) is 38.1 Å². The molecule has 0 spiro atoms. The van der Waals surface area contributed by atoms with Crippen molar-refractivity contribution in [3.8, 4) is 5.69 Å². The Labute approximate surface area is 156 Å². The number of aromatic nitrogens is 2. The fraction of sp³-hybridized carbons (Fsp3) is 0.200. The maximum Gasteiger partial charge on any atom is 0.253 e. The number of nitrogens with zero attached hydrogens (tertiary/aromatic N) is 3. The number of halogens is 2. The van der Waals surface area contributed by atoms with E-state index in [0.717, 1.165) is 17.1 Å². The van der Waals surface area contributed by atoms with E-state index in [4.69, 9.17) is 11.6 Å². The van der Waals surface area contributed by atoms with Crippen molar-refractivity contribution in [2.45, 2.75) is 20.4 Å². The van der Waals surface area contributed by atoms with Crippen LogP contribution in [0.3, 0.4) is 0 Å². The molecule has 1 heterocycles. The zero-order valence-corrected chi connectivity index (χ0v) is 15.6. The first-order valence-electron chi connectivity index (χ1n) is 8.19. The predicted molar refractivity (Wildman–Crippen MR) is 100 cm³/mol. The number of carbonyl (C=O) groups is 1. The quantitative estimate of drug-likeness (QED) is 0.674. The minimum absolute atomic E-state index is 0.175. The Balaban J connectivity index is 1.78. The molecule has 0 aliphatic heterocycles. The van der Waals surface area contributed by atoms with Gasteiger partial charge in [0.05, 0.1) is 22.1 Å². The zero-order valence-electron chi connectivity index (χ0n) is 14.8. The van der Waals surface area contributed by atoms with Crippen LogP contribution in [0.25, 0.3) is 5.69 Å². The molecule has 6 heteroatoms. The average molecular weight is 372 g/mol. The van der Waals surface area contributed by atoms with Crippen LogP contribution in [-0.4, -0.2) is 27.6 Å². The van der Waals surface area contributed by atoms with Gasteiger partial charge in [-0.15, -0.1) is 0 Å². The molecule has 1 amide bonds. The first kappa shape index (κ1) is 18.1. The first-order valence-corrected chi connectivity index (χ1v) is 8.57. The molecule has 0 N–H and O–H groups in total. The summed E-state index contributed by atoms with van der Waals surface area (Å²) in [6.45, 7) is 3.95. The van der Waals surface area contributed by atoms with Crippen LogP contribution in [0.5, 0.6) is 0 Å². The molecule has 0 unspecified atom stereocenters. The van der Waals surface area contributed by atoms with Crippen molar-refractivity contribution in [2.24, 2.45) is 0 Å².